The van der Waals surface area contributed by atoms with Gasteiger partial charge in [-0.25, -0.2) is 0 Å². The van der Waals surface area contributed by atoms with E-state index in [0.717, 1.165) is 17.7 Å². The van der Waals surface area contributed by atoms with Crippen molar-refractivity contribution in [3.8, 4) is 5.75 Å². The van der Waals surface area contributed by atoms with Gasteiger partial charge in [0, 0.05) is 0 Å². The minimum atomic E-state index is -0.379. The molecule has 1 aliphatic carbocycles. The fourth-order valence-electron chi connectivity index (χ4n) is 2.82. The molecular formula is C18H20O2. The lowest BCUT2D eigenvalue weighted by atomic mass is 10.0. The van der Waals surface area contributed by atoms with Crippen LogP contribution in [0.25, 0.3) is 0 Å². The SMILES string of the molecule is CCOc1ccc(C(O)C2CC2c2ccccc2)cc1. The van der Waals surface area contributed by atoms with E-state index in [0.29, 0.717) is 18.4 Å². The summed E-state index contributed by atoms with van der Waals surface area (Å²) in [5.41, 5.74) is 2.32. The predicted octanol–water partition coefficient (Wildman–Crippen LogP) is 3.92. The Balaban J connectivity index is 1.67. The molecule has 0 aliphatic heterocycles. The van der Waals surface area contributed by atoms with Gasteiger partial charge in [-0.3, -0.25) is 0 Å². The summed E-state index contributed by atoms with van der Waals surface area (Å²) >= 11 is 0. The van der Waals surface area contributed by atoms with Crippen molar-refractivity contribution < 1.29 is 9.84 Å². The molecule has 1 fully saturated rings. The first-order valence-corrected chi connectivity index (χ1v) is 7.25. The summed E-state index contributed by atoms with van der Waals surface area (Å²) in [6.07, 6.45) is 0.689. The molecule has 2 aromatic carbocycles. The Morgan fingerprint density at radius 3 is 2.45 bits per heavy atom. The standard InChI is InChI=1S/C18H20O2/c1-2-20-15-10-8-14(9-11-15)18(19)17-12-16(17)13-6-4-3-5-7-13/h3-11,16-19H,2,12H2,1H3. The number of rotatable bonds is 5. The van der Waals surface area contributed by atoms with Crippen molar-refractivity contribution in [3.63, 3.8) is 0 Å². The van der Waals surface area contributed by atoms with E-state index in [1.54, 1.807) is 0 Å². The van der Waals surface area contributed by atoms with E-state index in [9.17, 15) is 5.11 Å². The van der Waals surface area contributed by atoms with E-state index in [1.165, 1.54) is 5.56 Å². The lowest BCUT2D eigenvalue weighted by Crippen LogP contribution is -2.01. The number of hydrogen-bond donors (Lipinski definition) is 1. The van der Waals surface area contributed by atoms with E-state index in [-0.39, 0.29) is 6.10 Å². The second kappa shape index (κ2) is 5.68. The van der Waals surface area contributed by atoms with Crippen LogP contribution in [0.1, 0.15) is 36.5 Å². The lowest BCUT2D eigenvalue weighted by Gasteiger charge is -2.12. The van der Waals surface area contributed by atoms with E-state index in [1.807, 2.05) is 37.3 Å². The molecule has 0 amide bonds. The molecule has 2 nitrogen and oxygen atoms in total. The molecule has 0 bridgehead atoms. The summed E-state index contributed by atoms with van der Waals surface area (Å²) in [7, 11) is 0. The van der Waals surface area contributed by atoms with Crippen LogP contribution in [0.15, 0.2) is 54.6 Å². The number of benzene rings is 2. The summed E-state index contributed by atoms with van der Waals surface area (Å²) in [6, 6.07) is 18.3. The van der Waals surface area contributed by atoms with Gasteiger partial charge in [-0.1, -0.05) is 42.5 Å². The Kier molecular flexibility index (Phi) is 3.75. The first-order valence-electron chi connectivity index (χ1n) is 7.25. The van der Waals surface area contributed by atoms with Crippen molar-refractivity contribution in [2.24, 2.45) is 5.92 Å². The third-order valence-electron chi connectivity index (χ3n) is 4.01. The Hall–Kier alpha value is -1.80. The van der Waals surface area contributed by atoms with Gasteiger partial charge in [0.2, 0.25) is 0 Å². The highest BCUT2D eigenvalue weighted by Gasteiger charge is 2.43. The molecule has 0 spiro atoms. The molecule has 1 saturated carbocycles. The van der Waals surface area contributed by atoms with Crippen molar-refractivity contribution in [1.29, 1.82) is 0 Å². The number of hydrogen-bond acceptors (Lipinski definition) is 2. The van der Waals surface area contributed by atoms with Crippen LogP contribution in [-0.4, -0.2) is 11.7 Å². The lowest BCUT2D eigenvalue weighted by molar-refractivity contribution is 0.151. The van der Waals surface area contributed by atoms with Crippen LogP contribution < -0.4 is 4.74 Å². The normalized spacial score (nSPS) is 22.3. The van der Waals surface area contributed by atoms with Crippen LogP contribution in [0.3, 0.4) is 0 Å². The van der Waals surface area contributed by atoms with E-state index >= 15 is 0 Å². The number of aliphatic hydroxyl groups excluding tert-OH is 1. The minimum Gasteiger partial charge on any atom is -0.494 e. The molecular weight excluding hydrogens is 248 g/mol. The Morgan fingerprint density at radius 2 is 1.80 bits per heavy atom. The summed E-state index contributed by atoms with van der Waals surface area (Å²) in [4.78, 5) is 0. The summed E-state index contributed by atoms with van der Waals surface area (Å²) in [6.45, 7) is 2.64. The van der Waals surface area contributed by atoms with Gasteiger partial charge in [0.1, 0.15) is 5.75 Å². The molecule has 1 aliphatic rings. The quantitative estimate of drug-likeness (QED) is 0.890. The summed E-state index contributed by atoms with van der Waals surface area (Å²) < 4.78 is 5.43. The first-order chi connectivity index (χ1) is 9.79. The molecule has 1 N–H and O–H groups in total. The van der Waals surface area contributed by atoms with Gasteiger partial charge in [-0.15, -0.1) is 0 Å². The molecule has 3 unspecified atom stereocenters. The van der Waals surface area contributed by atoms with Crippen molar-refractivity contribution in [1.82, 2.24) is 0 Å². The summed E-state index contributed by atoms with van der Waals surface area (Å²) in [5, 5.41) is 10.5. The molecule has 0 radical (unpaired) electrons. The van der Waals surface area contributed by atoms with Gasteiger partial charge in [-0.2, -0.15) is 0 Å². The van der Waals surface area contributed by atoms with Crippen LogP contribution in [0.5, 0.6) is 5.75 Å². The zero-order valence-electron chi connectivity index (χ0n) is 11.7. The molecule has 0 heterocycles. The molecule has 0 saturated heterocycles. The fraction of sp³-hybridized carbons (Fsp3) is 0.333. The van der Waals surface area contributed by atoms with Crippen molar-refractivity contribution in [3.05, 3.63) is 65.7 Å². The minimum absolute atomic E-state index is 0.343. The Morgan fingerprint density at radius 1 is 1.10 bits per heavy atom. The maximum atomic E-state index is 10.5. The second-order valence-corrected chi connectivity index (χ2v) is 5.36. The van der Waals surface area contributed by atoms with Crippen molar-refractivity contribution in [2.45, 2.75) is 25.4 Å². The van der Waals surface area contributed by atoms with Gasteiger partial charge in [-0.05, 0) is 48.4 Å². The van der Waals surface area contributed by atoms with Gasteiger partial charge < -0.3 is 9.84 Å². The summed E-state index contributed by atoms with van der Waals surface area (Å²) in [5.74, 6) is 1.70. The third-order valence-corrected chi connectivity index (χ3v) is 4.01. The highest BCUT2D eigenvalue weighted by molar-refractivity contribution is 5.32. The van der Waals surface area contributed by atoms with Gasteiger partial charge in [0.05, 0.1) is 12.7 Å². The van der Waals surface area contributed by atoms with Gasteiger partial charge in [0.25, 0.3) is 0 Å². The van der Waals surface area contributed by atoms with E-state index < -0.39 is 0 Å². The average Bonchev–Trinajstić information content (AvgIpc) is 3.29. The molecule has 0 aromatic heterocycles. The Labute approximate surface area is 120 Å². The number of aliphatic hydroxyl groups is 1. The molecule has 3 rings (SSSR count). The molecule has 20 heavy (non-hydrogen) atoms. The van der Waals surface area contributed by atoms with Gasteiger partial charge >= 0.3 is 0 Å². The smallest absolute Gasteiger partial charge is 0.119 e. The van der Waals surface area contributed by atoms with Crippen LogP contribution >= 0.6 is 0 Å². The highest BCUT2D eigenvalue weighted by atomic mass is 16.5. The van der Waals surface area contributed by atoms with Gasteiger partial charge in [0.15, 0.2) is 0 Å². The van der Waals surface area contributed by atoms with Crippen LogP contribution in [0, 0.1) is 5.92 Å². The highest BCUT2D eigenvalue weighted by Crippen LogP contribution is 2.53. The molecule has 104 valence electrons. The van der Waals surface area contributed by atoms with Crippen LogP contribution in [0.4, 0.5) is 0 Å². The maximum Gasteiger partial charge on any atom is 0.119 e. The second-order valence-electron chi connectivity index (χ2n) is 5.36. The largest absolute Gasteiger partial charge is 0.494 e. The monoisotopic (exact) mass is 268 g/mol. The van der Waals surface area contributed by atoms with Crippen LogP contribution in [0.2, 0.25) is 0 Å². The molecule has 2 heteroatoms. The maximum absolute atomic E-state index is 10.5. The average molecular weight is 268 g/mol. The van der Waals surface area contributed by atoms with E-state index in [4.69, 9.17) is 4.74 Å². The zero-order chi connectivity index (χ0) is 13.9. The molecule has 3 atom stereocenters. The zero-order valence-corrected chi connectivity index (χ0v) is 11.7. The predicted molar refractivity (Wildman–Crippen MR) is 79.9 cm³/mol. The first kappa shape index (κ1) is 13.2. The van der Waals surface area contributed by atoms with Crippen molar-refractivity contribution in [2.75, 3.05) is 6.61 Å². The Bertz CT molecular complexity index is 547. The van der Waals surface area contributed by atoms with E-state index in [2.05, 4.69) is 24.3 Å². The third kappa shape index (κ3) is 2.70. The van der Waals surface area contributed by atoms with Crippen molar-refractivity contribution >= 4 is 0 Å². The molecule has 2 aromatic rings. The van der Waals surface area contributed by atoms with Crippen LogP contribution in [-0.2, 0) is 0 Å². The topological polar surface area (TPSA) is 29.5 Å². The fourth-order valence-corrected chi connectivity index (χ4v) is 2.82. The number of ether oxygens (including phenoxy) is 1.